The molecule has 0 aliphatic carbocycles. The van der Waals surface area contributed by atoms with Crippen LogP contribution in [0.25, 0.3) is 0 Å². The maximum Gasteiger partial charge on any atom is 0.326 e. The van der Waals surface area contributed by atoms with Gasteiger partial charge in [-0.25, -0.2) is 4.79 Å². The zero-order valence-electron chi connectivity index (χ0n) is 13.9. The average Bonchev–Trinajstić information content (AvgIpc) is 2.49. The van der Waals surface area contributed by atoms with Crippen molar-refractivity contribution in [1.82, 2.24) is 5.32 Å². The zero-order valence-corrected chi connectivity index (χ0v) is 13.9. The summed E-state index contributed by atoms with van der Waals surface area (Å²) in [5.41, 5.74) is -0.250. The topological polar surface area (TPSA) is 130 Å². The number of carbonyl (C=O) groups is 4. The van der Waals surface area contributed by atoms with Crippen LogP contribution in [0.15, 0.2) is 18.2 Å². The number of carbonyl (C=O) groups excluding carboxylic acids is 2. The van der Waals surface area contributed by atoms with Crippen LogP contribution < -0.4 is 10.1 Å². The van der Waals surface area contributed by atoms with E-state index in [-0.39, 0.29) is 36.2 Å². The van der Waals surface area contributed by atoms with Crippen LogP contribution in [0.3, 0.4) is 0 Å². The first-order valence-corrected chi connectivity index (χ1v) is 7.71. The second kappa shape index (κ2) is 6.92. The summed E-state index contributed by atoms with van der Waals surface area (Å²) in [6.45, 7) is 3.57. The van der Waals surface area contributed by atoms with Crippen LogP contribution in [0, 0.1) is 0 Å². The number of nitrogens with one attached hydrogen (secondary N) is 1. The van der Waals surface area contributed by atoms with E-state index in [0.717, 1.165) is 0 Å². The van der Waals surface area contributed by atoms with Gasteiger partial charge in [0.25, 0.3) is 5.91 Å². The van der Waals surface area contributed by atoms with E-state index in [9.17, 15) is 19.2 Å². The first kappa shape index (κ1) is 18.4. The molecule has 1 heterocycles. The number of carboxylic acid groups (broad SMARTS) is 2. The first-order chi connectivity index (χ1) is 11.6. The minimum atomic E-state index is -1.33. The molecule has 0 saturated heterocycles. The van der Waals surface area contributed by atoms with E-state index in [1.165, 1.54) is 18.2 Å². The van der Waals surface area contributed by atoms with Gasteiger partial charge in [-0.2, -0.15) is 0 Å². The summed E-state index contributed by atoms with van der Waals surface area (Å²) in [7, 11) is 0. The molecule has 1 aliphatic heterocycles. The Balaban J connectivity index is 2.17. The summed E-state index contributed by atoms with van der Waals surface area (Å²) in [6, 6.07) is 2.96. The van der Waals surface area contributed by atoms with Crippen molar-refractivity contribution in [1.29, 1.82) is 0 Å². The number of benzene rings is 1. The Labute approximate surface area is 143 Å². The number of Topliss-reactive ketones (excluding diaryl/α,β-unsaturated/α-hetero) is 1. The van der Waals surface area contributed by atoms with Gasteiger partial charge >= 0.3 is 11.9 Å². The van der Waals surface area contributed by atoms with Crippen LogP contribution in [0.2, 0.25) is 0 Å². The van der Waals surface area contributed by atoms with Gasteiger partial charge < -0.3 is 20.3 Å². The van der Waals surface area contributed by atoms with Crippen LogP contribution in [0.4, 0.5) is 0 Å². The van der Waals surface area contributed by atoms with Gasteiger partial charge in [-0.3, -0.25) is 14.4 Å². The summed E-state index contributed by atoms with van der Waals surface area (Å²) in [4.78, 5) is 46.2. The minimum Gasteiger partial charge on any atom is -0.487 e. The lowest BCUT2D eigenvalue weighted by Crippen LogP contribution is -2.41. The lowest BCUT2D eigenvalue weighted by atomic mass is 9.92. The second-order valence-corrected chi connectivity index (χ2v) is 6.47. The Hall–Kier alpha value is -2.90. The zero-order chi connectivity index (χ0) is 18.8. The number of amides is 1. The molecule has 134 valence electrons. The molecule has 0 spiro atoms. The van der Waals surface area contributed by atoms with Gasteiger partial charge in [0.05, 0.1) is 12.0 Å². The van der Waals surface area contributed by atoms with Gasteiger partial charge in [0, 0.05) is 12.0 Å². The summed E-state index contributed by atoms with van der Waals surface area (Å²) < 4.78 is 5.70. The van der Waals surface area contributed by atoms with E-state index < -0.39 is 29.5 Å². The Morgan fingerprint density at radius 1 is 1.28 bits per heavy atom. The summed E-state index contributed by atoms with van der Waals surface area (Å²) >= 11 is 0. The van der Waals surface area contributed by atoms with Crippen LogP contribution >= 0.6 is 0 Å². The molecule has 1 aromatic rings. The molecule has 8 heteroatoms. The highest BCUT2D eigenvalue weighted by molar-refractivity contribution is 6.04. The van der Waals surface area contributed by atoms with Gasteiger partial charge in [-0.1, -0.05) is 0 Å². The van der Waals surface area contributed by atoms with E-state index in [2.05, 4.69) is 5.32 Å². The van der Waals surface area contributed by atoms with E-state index in [1.54, 1.807) is 13.8 Å². The van der Waals surface area contributed by atoms with Gasteiger partial charge in [0.1, 0.15) is 17.4 Å². The lowest BCUT2D eigenvalue weighted by Gasteiger charge is -2.31. The average molecular weight is 349 g/mol. The number of ketones is 1. The van der Waals surface area contributed by atoms with Crippen molar-refractivity contribution < 1.29 is 34.1 Å². The largest absolute Gasteiger partial charge is 0.487 e. The second-order valence-electron chi connectivity index (χ2n) is 6.47. The number of hydrogen-bond acceptors (Lipinski definition) is 5. The highest BCUT2D eigenvalue weighted by Crippen LogP contribution is 2.33. The molecule has 0 saturated carbocycles. The van der Waals surface area contributed by atoms with Gasteiger partial charge in [0.2, 0.25) is 0 Å². The van der Waals surface area contributed by atoms with Crippen molar-refractivity contribution in [3.63, 3.8) is 0 Å². The van der Waals surface area contributed by atoms with E-state index in [1.807, 2.05) is 0 Å². The fraction of sp³-hybridized carbons (Fsp3) is 0.412. The molecule has 1 amide bonds. The normalized spacial score (nSPS) is 16.3. The van der Waals surface area contributed by atoms with Crippen molar-refractivity contribution in [3.05, 3.63) is 29.3 Å². The highest BCUT2D eigenvalue weighted by Gasteiger charge is 2.33. The molecule has 0 fully saturated rings. The molecule has 0 unspecified atom stereocenters. The molecule has 0 bridgehead atoms. The fourth-order valence-electron chi connectivity index (χ4n) is 2.56. The summed E-state index contributed by atoms with van der Waals surface area (Å²) in [6.07, 6.45) is -0.456. The molecule has 0 radical (unpaired) electrons. The van der Waals surface area contributed by atoms with Gasteiger partial charge in [-0.05, 0) is 38.5 Å². The van der Waals surface area contributed by atoms with Crippen LogP contribution in [-0.4, -0.2) is 45.5 Å². The first-order valence-electron chi connectivity index (χ1n) is 7.71. The maximum atomic E-state index is 12.3. The van der Waals surface area contributed by atoms with Crippen molar-refractivity contribution in [3.8, 4) is 5.75 Å². The van der Waals surface area contributed by atoms with E-state index >= 15 is 0 Å². The van der Waals surface area contributed by atoms with Crippen LogP contribution in [0.1, 0.15) is 53.8 Å². The third kappa shape index (κ3) is 4.56. The maximum absolute atomic E-state index is 12.3. The molecule has 1 atom stereocenters. The number of ether oxygens (including phenoxy) is 1. The monoisotopic (exact) mass is 349 g/mol. The lowest BCUT2D eigenvalue weighted by molar-refractivity contribution is -0.140. The third-order valence-corrected chi connectivity index (χ3v) is 3.76. The molecule has 0 aromatic heterocycles. The highest BCUT2D eigenvalue weighted by atomic mass is 16.5. The minimum absolute atomic E-state index is 0.108. The number of rotatable bonds is 6. The molecular weight excluding hydrogens is 330 g/mol. The number of carboxylic acids is 2. The molecule has 25 heavy (non-hydrogen) atoms. The molecule has 1 aromatic carbocycles. The fourth-order valence-corrected chi connectivity index (χ4v) is 2.56. The van der Waals surface area contributed by atoms with E-state index in [4.69, 9.17) is 14.9 Å². The molecule has 3 N–H and O–H groups in total. The number of fused-ring (bicyclic) bond motifs is 1. The van der Waals surface area contributed by atoms with Crippen LogP contribution in [-0.2, 0) is 9.59 Å². The molecular formula is C17H19NO7. The SMILES string of the molecule is CC1(C)CC(=O)c2cc(C(=O)N[C@@H](CCC(=O)O)C(=O)O)ccc2O1. The number of hydrogen-bond donors (Lipinski definition) is 3. The Morgan fingerprint density at radius 2 is 1.96 bits per heavy atom. The van der Waals surface area contributed by atoms with E-state index in [0.29, 0.717) is 5.75 Å². The van der Waals surface area contributed by atoms with Crippen molar-refractivity contribution in [2.75, 3.05) is 0 Å². The third-order valence-electron chi connectivity index (χ3n) is 3.76. The van der Waals surface area contributed by atoms with Crippen LogP contribution in [0.5, 0.6) is 5.75 Å². The smallest absolute Gasteiger partial charge is 0.326 e. The Bertz CT molecular complexity index is 739. The quantitative estimate of drug-likeness (QED) is 0.709. The van der Waals surface area contributed by atoms with Crippen molar-refractivity contribution in [2.45, 2.75) is 44.8 Å². The number of aliphatic carboxylic acids is 2. The van der Waals surface area contributed by atoms with Crippen molar-refractivity contribution >= 4 is 23.6 Å². The summed E-state index contributed by atoms with van der Waals surface area (Å²) in [5, 5.41) is 20.0. The van der Waals surface area contributed by atoms with Crippen molar-refractivity contribution in [2.24, 2.45) is 0 Å². The molecule has 8 nitrogen and oxygen atoms in total. The predicted molar refractivity (Wildman–Crippen MR) is 85.9 cm³/mol. The van der Waals surface area contributed by atoms with Gasteiger partial charge in [-0.15, -0.1) is 0 Å². The Morgan fingerprint density at radius 3 is 2.56 bits per heavy atom. The summed E-state index contributed by atoms with van der Waals surface area (Å²) in [5.74, 6) is -2.97. The molecule has 2 rings (SSSR count). The standard InChI is InChI=1S/C17H19NO7/c1-17(2)8-12(19)10-7-9(3-5-13(10)25-17)15(22)18-11(16(23)24)4-6-14(20)21/h3,5,7,11H,4,6,8H2,1-2H3,(H,18,22)(H,20,21)(H,23,24)/t11-/m0/s1. The molecule has 1 aliphatic rings. The van der Waals surface area contributed by atoms with Gasteiger partial charge in [0.15, 0.2) is 5.78 Å². The predicted octanol–water partition coefficient (Wildman–Crippen LogP) is 1.48. The Kier molecular flexibility index (Phi) is 5.10.